The van der Waals surface area contributed by atoms with Crippen LogP contribution in [0.4, 0.5) is 0 Å². The first kappa shape index (κ1) is 18.5. The van der Waals surface area contributed by atoms with Crippen molar-refractivity contribution in [3.8, 4) is 0 Å². The standard InChI is InChI=1S/C15H24O5/c1-12(16)13(11-15(19-3)20-4)9-7-5-6-8-10-14(17)18-2/h5,7,11,15H,6,8-10H2,1-4H3/b7-5-,13-11+/i1+1,12+1,13+1. The Morgan fingerprint density at radius 2 is 1.75 bits per heavy atom. The van der Waals surface area contributed by atoms with Crippen LogP contribution >= 0.6 is 0 Å². The molecule has 0 heterocycles. The molecule has 0 bridgehead atoms. The minimum atomic E-state index is -0.512. The molecular formula is C15H24O5. The van der Waals surface area contributed by atoms with E-state index in [4.69, 9.17) is 9.47 Å². The number of hydrogen-bond acceptors (Lipinski definition) is 5. The molecule has 0 atom stereocenters. The number of unbranched alkanes of at least 4 members (excludes halogenated alkanes) is 1. The Balaban J connectivity index is 4.21. The van der Waals surface area contributed by atoms with Gasteiger partial charge < -0.3 is 14.2 Å². The van der Waals surface area contributed by atoms with E-state index in [-0.39, 0.29) is 11.8 Å². The highest BCUT2D eigenvalue weighted by Gasteiger charge is 2.07. The first-order chi connectivity index (χ1) is 9.54. The van der Waals surface area contributed by atoms with E-state index in [1.165, 1.54) is 28.3 Å². The molecule has 0 aromatic carbocycles. The minimum Gasteiger partial charge on any atom is -0.469 e. The summed E-state index contributed by atoms with van der Waals surface area (Å²) in [5.41, 5.74) is 0.642. The number of allylic oxidation sites excluding steroid dienone is 3. The summed E-state index contributed by atoms with van der Waals surface area (Å²) < 4.78 is 14.6. The van der Waals surface area contributed by atoms with Gasteiger partial charge in [-0.1, -0.05) is 12.2 Å². The quantitative estimate of drug-likeness (QED) is 0.154. The summed E-state index contributed by atoms with van der Waals surface area (Å²) in [5, 5.41) is 0. The Morgan fingerprint density at radius 3 is 2.25 bits per heavy atom. The van der Waals surface area contributed by atoms with Crippen molar-refractivity contribution in [2.45, 2.75) is 38.9 Å². The maximum atomic E-state index is 11.5. The van der Waals surface area contributed by atoms with Crippen LogP contribution in [0, 0.1) is 0 Å². The van der Waals surface area contributed by atoms with Crippen molar-refractivity contribution >= 4 is 11.8 Å². The number of Topliss-reactive ketones (excluding diaryl/α,β-unsaturated/α-hetero) is 1. The summed E-state index contributed by atoms with van der Waals surface area (Å²) in [6.07, 6.45) is 7.46. The number of ether oxygens (including phenoxy) is 3. The first-order valence-corrected chi connectivity index (χ1v) is 6.54. The molecule has 0 amide bonds. The number of hydrogen-bond donors (Lipinski definition) is 0. The fourth-order valence-corrected chi connectivity index (χ4v) is 1.52. The second-order valence-corrected chi connectivity index (χ2v) is 4.23. The topological polar surface area (TPSA) is 61.8 Å². The highest BCUT2D eigenvalue weighted by Crippen LogP contribution is 2.09. The molecule has 0 spiro atoms. The predicted octanol–water partition coefficient (Wildman–Crippen LogP) is 2.41. The number of ketones is 1. The maximum Gasteiger partial charge on any atom is 0.305 e. The number of carbonyl (C=O) groups is 2. The van der Waals surface area contributed by atoms with Crippen LogP contribution in [0.5, 0.6) is 0 Å². The monoisotopic (exact) mass is 287 g/mol. The van der Waals surface area contributed by atoms with Crippen LogP contribution in [0.1, 0.15) is 32.6 Å². The van der Waals surface area contributed by atoms with Crippen LogP contribution in [-0.2, 0) is 23.8 Å². The lowest BCUT2D eigenvalue weighted by atomic mass is 10.2. The number of carbonyl (C=O) groups excluding carboxylic acids is 2. The molecule has 0 aromatic rings. The fraction of sp³-hybridized carbons (Fsp3) is 0.600. The van der Waals surface area contributed by atoms with E-state index in [1.54, 1.807) is 6.08 Å². The van der Waals surface area contributed by atoms with Gasteiger partial charge in [-0.25, -0.2) is 0 Å². The summed E-state index contributed by atoms with van der Waals surface area (Å²) in [6, 6.07) is 0. The van der Waals surface area contributed by atoms with E-state index in [1.807, 2.05) is 12.2 Å². The third kappa shape index (κ3) is 8.61. The number of methoxy groups -OCH3 is 3. The van der Waals surface area contributed by atoms with E-state index in [9.17, 15) is 9.59 Å². The van der Waals surface area contributed by atoms with Gasteiger partial charge in [0.25, 0.3) is 0 Å². The van der Waals surface area contributed by atoms with E-state index >= 15 is 0 Å². The smallest absolute Gasteiger partial charge is 0.305 e. The van der Waals surface area contributed by atoms with Crippen molar-refractivity contribution in [2.24, 2.45) is 0 Å². The van der Waals surface area contributed by atoms with Crippen LogP contribution in [-0.4, -0.2) is 39.4 Å². The summed E-state index contributed by atoms with van der Waals surface area (Å²) in [4.78, 5) is 22.4. The summed E-state index contributed by atoms with van der Waals surface area (Å²) >= 11 is 0. The van der Waals surface area contributed by atoms with Gasteiger partial charge in [0, 0.05) is 20.6 Å². The lowest BCUT2D eigenvalue weighted by Gasteiger charge is -2.10. The molecule has 0 aliphatic heterocycles. The Morgan fingerprint density at radius 1 is 1.10 bits per heavy atom. The third-order valence-corrected chi connectivity index (χ3v) is 2.74. The molecule has 0 aliphatic rings. The molecular weight excluding hydrogens is 263 g/mol. The zero-order valence-electron chi connectivity index (χ0n) is 12.7. The molecule has 0 fully saturated rings. The summed E-state index contributed by atoms with van der Waals surface area (Å²) in [6.45, 7) is 1.51. The Bertz CT molecular complexity index is 353. The average molecular weight is 287 g/mol. The van der Waals surface area contributed by atoms with Crippen LogP contribution < -0.4 is 0 Å². The number of esters is 1. The molecule has 114 valence electrons. The van der Waals surface area contributed by atoms with Gasteiger partial charge in [-0.2, -0.15) is 0 Å². The molecule has 0 unspecified atom stereocenters. The van der Waals surface area contributed by atoms with Gasteiger partial charge >= 0.3 is 5.97 Å². The van der Waals surface area contributed by atoms with E-state index < -0.39 is 6.29 Å². The van der Waals surface area contributed by atoms with Crippen molar-refractivity contribution in [1.82, 2.24) is 0 Å². The van der Waals surface area contributed by atoms with Gasteiger partial charge in [-0.05, 0) is 37.8 Å². The molecule has 0 radical (unpaired) electrons. The molecule has 0 saturated carbocycles. The first-order valence-electron chi connectivity index (χ1n) is 6.54. The molecule has 20 heavy (non-hydrogen) atoms. The molecule has 5 nitrogen and oxygen atoms in total. The SMILES string of the molecule is COC(=O)CCC/C=C\C/[13C](=C\C(OC)OC)[13C]([13CH3])=O. The molecule has 0 rings (SSSR count). The second-order valence-electron chi connectivity index (χ2n) is 4.23. The second kappa shape index (κ2) is 11.4. The van der Waals surface area contributed by atoms with Gasteiger partial charge in [-0.15, -0.1) is 0 Å². The third-order valence-electron chi connectivity index (χ3n) is 2.74. The van der Waals surface area contributed by atoms with Gasteiger partial charge in [-0.3, -0.25) is 9.59 Å². The summed E-state index contributed by atoms with van der Waals surface area (Å²) in [7, 11) is 4.42. The van der Waals surface area contributed by atoms with Gasteiger partial charge in [0.1, 0.15) is 0 Å². The Kier molecular flexibility index (Phi) is 10.5. The van der Waals surface area contributed by atoms with Crippen molar-refractivity contribution in [1.29, 1.82) is 0 Å². The molecule has 0 aromatic heterocycles. The fourth-order valence-electron chi connectivity index (χ4n) is 1.52. The van der Waals surface area contributed by atoms with Crippen molar-refractivity contribution < 1.29 is 23.8 Å². The summed E-state index contributed by atoms with van der Waals surface area (Å²) in [5.74, 6) is -0.214. The zero-order chi connectivity index (χ0) is 15.4. The lowest BCUT2D eigenvalue weighted by Crippen LogP contribution is -2.12. The van der Waals surface area contributed by atoms with Crippen LogP contribution in [0.3, 0.4) is 0 Å². The van der Waals surface area contributed by atoms with Crippen LogP contribution in [0.15, 0.2) is 23.8 Å². The average Bonchev–Trinajstić information content (AvgIpc) is 2.45. The van der Waals surface area contributed by atoms with E-state index in [0.717, 1.165) is 12.8 Å². The zero-order valence-corrected chi connectivity index (χ0v) is 12.7. The predicted molar refractivity (Wildman–Crippen MR) is 76.2 cm³/mol. The van der Waals surface area contributed by atoms with Crippen LogP contribution in [0.25, 0.3) is 0 Å². The highest BCUT2D eigenvalue weighted by atomic mass is 16.7. The largest absolute Gasteiger partial charge is 0.469 e. The molecule has 0 saturated heterocycles. The highest BCUT2D eigenvalue weighted by molar-refractivity contribution is 5.93. The van der Waals surface area contributed by atoms with Crippen molar-refractivity contribution in [2.75, 3.05) is 21.3 Å². The molecule has 0 aliphatic carbocycles. The van der Waals surface area contributed by atoms with Gasteiger partial charge in [0.2, 0.25) is 0 Å². The Labute approximate surface area is 120 Å². The molecule has 5 heteroatoms. The van der Waals surface area contributed by atoms with Gasteiger partial charge in [0.05, 0.1) is 7.11 Å². The number of rotatable bonds is 10. The molecule has 0 N–H and O–H groups in total. The van der Waals surface area contributed by atoms with Crippen molar-refractivity contribution in [3.63, 3.8) is 0 Å². The minimum absolute atomic E-state index is 0.0108. The normalized spacial score (nSPS) is 12.2. The van der Waals surface area contributed by atoms with Crippen molar-refractivity contribution in [3.05, 3.63) is 23.8 Å². The van der Waals surface area contributed by atoms with Gasteiger partial charge in [0.15, 0.2) is 12.1 Å². The van der Waals surface area contributed by atoms with E-state index in [0.29, 0.717) is 18.4 Å². The van der Waals surface area contributed by atoms with E-state index in [2.05, 4.69) is 4.74 Å². The van der Waals surface area contributed by atoms with Crippen LogP contribution in [0.2, 0.25) is 0 Å². The Hall–Kier alpha value is -1.46. The maximum absolute atomic E-state index is 11.5. The lowest BCUT2D eigenvalue weighted by molar-refractivity contribution is -0.140.